The highest BCUT2D eigenvalue weighted by atomic mass is 32.2. The van der Waals surface area contributed by atoms with Crippen LogP contribution >= 0.6 is 0 Å². The van der Waals surface area contributed by atoms with Gasteiger partial charge in [0.05, 0.1) is 6.20 Å². The molecule has 0 saturated carbocycles. The molecular formula is C16H19N3O3S. The molecule has 0 radical (unpaired) electrons. The number of hydrogen-bond donors (Lipinski definition) is 1. The maximum Gasteiger partial charge on any atom is 0.283 e. The largest absolute Gasteiger partial charge is 0.283 e. The van der Waals surface area contributed by atoms with Gasteiger partial charge in [-0.05, 0) is 17.4 Å². The molecule has 0 aliphatic rings. The third-order valence-corrected chi connectivity index (χ3v) is 4.76. The van der Waals surface area contributed by atoms with Crippen molar-refractivity contribution in [1.29, 1.82) is 0 Å². The number of benzene rings is 1. The van der Waals surface area contributed by atoms with E-state index in [-0.39, 0.29) is 23.3 Å². The van der Waals surface area contributed by atoms with E-state index >= 15 is 0 Å². The molecule has 23 heavy (non-hydrogen) atoms. The highest BCUT2D eigenvalue weighted by Crippen LogP contribution is 2.27. The van der Waals surface area contributed by atoms with E-state index in [0.29, 0.717) is 0 Å². The Morgan fingerprint density at radius 1 is 1.17 bits per heavy atom. The molecule has 0 aliphatic carbocycles. The summed E-state index contributed by atoms with van der Waals surface area (Å²) in [5.41, 5.74) is 1.01. The quantitative estimate of drug-likeness (QED) is 0.874. The molecule has 0 spiro atoms. The lowest BCUT2D eigenvalue weighted by Gasteiger charge is -2.20. The van der Waals surface area contributed by atoms with E-state index in [1.54, 1.807) is 0 Å². The summed E-state index contributed by atoms with van der Waals surface area (Å²) in [6.45, 7) is 4.00. The number of sulfonamides is 1. The summed E-state index contributed by atoms with van der Waals surface area (Å²) in [6.07, 6.45) is 3.82. The minimum absolute atomic E-state index is 0.0618. The number of aromatic nitrogens is 2. The molecule has 1 aromatic carbocycles. The number of rotatable bonds is 6. The summed E-state index contributed by atoms with van der Waals surface area (Å²) >= 11 is 0. The smallest absolute Gasteiger partial charge is 0.274 e. The molecule has 1 aromatic heterocycles. The minimum Gasteiger partial charge on any atom is -0.274 e. The normalized spacial score (nSPS) is 12.8. The second-order valence-corrected chi connectivity index (χ2v) is 7.17. The molecule has 122 valence electrons. The number of carbonyl (C=O) groups is 1. The number of nitrogens with one attached hydrogen (secondary N) is 1. The van der Waals surface area contributed by atoms with E-state index in [9.17, 15) is 13.2 Å². The molecule has 1 amide bonds. The molecule has 7 heteroatoms. The summed E-state index contributed by atoms with van der Waals surface area (Å²) in [6, 6.07) is 9.58. The molecule has 6 nitrogen and oxygen atoms in total. The van der Waals surface area contributed by atoms with Gasteiger partial charge < -0.3 is 0 Å². The molecule has 1 N–H and O–H groups in total. The lowest BCUT2D eigenvalue weighted by Crippen LogP contribution is -2.32. The Balaban J connectivity index is 2.11. The van der Waals surface area contributed by atoms with Crippen LogP contribution in [0.15, 0.2) is 53.9 Å². The zero-order chi connectivity index (χ0) is 16.9. The summed E-state index contributed by atoms with van der Waals surface area (Å²) < 4.78 is 26.3. The van der Waals surface area contributed by atoms with Gasteiger partial charge in [0, 0.05) is 18.8 Å². The zero-order valence-electron chi connectivity index (χ0n) is 13.0. The second-order valence-electron chi connectivity index (χ2n) is 5.54. The van der Waals surface area contributed by atoms with Gasteiger partial charge in [-0.1, -0.05) is 44.2 Å². The van der Waals surface area contributed by atoms with Crippen LogP contribution in [0.3, 0.4) is 0 Å². The monoisotopic (exact) mass is 333 g/mol. The summed E-state index contributed by atoms with van der Waals surface area (Å²) in [7, 11) is -3.99. The number of amides is 1. The topological polar surface area (TPSA) is 89.0 Å². The van der Waals surface area contributed by atoms with Gasteiger partial charge in [-0.3, -0.25) is 9.78 Å². The predicted molar refractivity (Wildman–Crippen MR) is 86.0 cm³/mol. The fourth-order valence-electron chi connectivity index (χ4n) is 2.31. The Labute approximate surface area is 136 Å². The van der Waals surface area contributed by atoms with Crippen LogP contribution in [0.1, 0.15) is 31.7 Å². The van der Waals surface area contributed by atoms with Gasteiger partial charge in [0.25, 0.3) is 10.0 Å². The van der Waals surface area contributed by atoms with Gasteiger partial charge in [-0.2, -0.15) is 8.42 Å². The van der Waals surface area contributed by atoms with Crippen LogP contribution in [-0.2, 0) is 14.8 Å². The zero-order valence-corrected chi connectivity index (χ0v) is 13.8. The Morgan fingerprint density at radius 3 is 2.43 bits per heavy atom. The van der Waals surface area contributed by atoms with Crippen LogP contribution in [0.5, 0.6) is 0 Å². The highest BCUT2D eigenvalue weighted by Gasteiger charge is 2.24. The van der Waals surface area contributed by atoms with Crippen molar-refractivity contribution in [2.24, 2.45) is 5.92 Å². The van der Waals surface area contributed by atoms with Crippen molar-refractivity contribution in [3.63, 3.8) is 0 Å². The first-order valence-electron chi connectivity index (χ1n) is 7.27. The van der Waals surface area contributed by atoms with E-state index < -0.39 is 15.9 Å². The van der Waals surface area contributed by atoms with E-state index in [1.807, 2.05) is 44.2 Å². The van der Waals surface area contributed by atoms with E-state index in [4.69, 9.17) is 0 Å². The van der Waals surface area contributed by atoms with Gasteiger partial charge in [0.2, 0.25) is 5.91 Å². The molecule has 0 unspecified atom stereocenters. The maximum absolute atomic E-state index is 12.2. The molecule has 0 aliphatic heterocycles. The molecule has 2 rings (SSSR count). The number of carbonyl (C=O) groups excluding carboxylic acids is 1. The number of nitrogens with zero attached hydrogens (tertiary/aromatic N) is 2. The fraction of sp³-hybridized carbons (Fsp3) is 0.312. The molecule has 0 bridgehead atoms. The van der Waals surface area contributed by atoms with Crippen LogP contribution in [0.2, 0.25) is 0 Å². The highest BCUT2D eigenvalue weighted by molar-refractivity contribution is 7.90. The van der Waals surface area contributed by atoms with Gasteiger partial charge in [0.1, 0.15) is 0 Å². The summed E-state index contributed by atoms with van der Waals surface area (Å²) in [5.74, 6) is -0.422. The Kier molecular flexibility index (Phi) is 5.44. The molecule has 0 fully saturated rings. The standard InChI is InChI=1S/C16H19N3O3S/c1-12(2)14(13-6-4-3-5-7-13)10-15(20)19-23(21,22)16-11-17-8-9-18-16/h3-9,11-12,14H,10H2,1-2H3,(H,19,20)/t14-/m0/s1. The Hall–Kier alpha value is -2.28. The average molecular weight is 333 g/mol. The first-order valence-corrected chi connectivity index (χ1v) is 8.75. The molecule has 1 atom stereocenters. The molecule has 1 heterocycles. The van der Waals surface area contributed by atoms with Gasteiger partial charge in [-0.25, -0.2) is 9.71 Å². The van der Waals surface area contributed by atoms with Crippen molar-refractivity contribution >= 4 is 15.9 Å². The lowest BCUT2D eigenvalue weighted by atomic mass is 9.86. The Morgan fingerprint density at radius 2 is 1.87 bits per heavy atom. The average Bonchev–Trinajstić information content (AvgIpc) is 2.53. The SMILES string of the molecule is CC(C)[C@H](CC(=O)NS(=O)(=O)c1cnccn1)c1ccccc1. The van der Waals surface area contributed by atoms with Gasteiger partial charge >= 0.3 is 0 Å². The predicted octanol–water partition coefficient (Wildman–Crippen LogP) is 2.11. The number of hydrogen-bond acceptors (Lipinski definition) is 5. The van der Waals surface area contributed by atoms with Crippen LogP contribution in [0.4, 0.5) is 0 Å². The summed E-state index contributed by atoms with van der Waals surface area (Å²) in [5, 5.41) is -0.269. The van der Waals surface area contributed by atoms with Gasteiger partial charge in [-0.15, -0.1) is 0 Å². The third kappa shape index (κ3) is 4.59. The van der Waals surface area contributed by atoms with E-state index in [0.717, 1.165) is 11.8 Å². The minimum atomic E-state index is -3.99. The van der Waals surface area contributed by atoms with Crippen LogP contribution < -0.4 is 4.72 Å². The van der Waals surface area contributed by atoms with Crippen molar-refractivity contribution in [3.05, 3.63) is 54.5 Å². The lowest BCUT2D eigenvalue weighted by molar-refractivity contribution is -0.119. The molecule has 2 aromatic rings. The Bertz CT molecular complexity index is 747. The van der Waals surface area contributed by atoms with Crippen molar-refractivity contribution in [2.45, 2.75) is 31.2 Å². The van der Waals surface area contributed by atoms with Gasteiger partial charge in [0.15, 0.2) is 5.03 Å². The van der Waals surface area contributed by atoms with Crippen molar-refractivity contribution < 1.29 is 13.2 Å². The summed E-state index contributed by atoms with van der Waals surface area (Å²) in [4.78, 5) is 19.6. The fourth-order valence-corrected chi connectivity index (χ4v) is 3.19. The van der Waals surface area contributed by atoms with E-state index in [2.05, 4.69) is 14.7 Å². The first-order chi connectivity index (χ1) is 10.9. The molecular weight excluding hydrogens is 314 g/mol. The van der Waals surface area contributed by atoms with Crippen molar-refractivity contribution in [1.82, 2.24) is 14.7 Å². The van der Waals surface area contributed by atoms with Crippen LogP contribution in [0.25, 0.3) is 0 Å². The maximum atomic E-state index is 12.2. The van der Waals surface area contributed by atoms with Crippen molar-refractivity contribution in [2.75, 3.05) is 0 Å². The van der Waals surface area contributed by atoms with Crippen molar-refractivity contribution in [3.8, 4) is 0 Å². The second kappa shape index (κ2) is 7.32. The van der Waals surface area contributed by atoms with Crippen LogP contribution in [-0.4, -0.2) is 24.3 Å². The third-order valence-electron chi connectivity index (χ3n) is 3.50. The first kappa shape index (κ1) is 17.1. The van der Waals surface area contributed by atoms with Crippen LogP contribution in [0, 0.1) is 5.92 Å². The van der Waals surface area contributed by atoms with E-state index in [1.165, 1.54) is 12.4 Å². The molecule has 0 saturated heterocycles.